The van der Waals surface area contributed by atoms with E-state index in [2.05, 4.69) is 32.7 Å². The van der Waals surface area contributed by atoms with Gasteiger partial charge in [-0.2, -0.15) is 0 Å². The van der Waals surface area contributed by atoms with Gasteiger partial charge in [0.2, 0.25) is 0 Å². The molecule has 25 heavy (non-hydrogen) atoms. The smallest absolute Gasteiger partial charge is 0.159 e. The van der Waals surface area contributed by atoms with E-state index >= 15 is 0 Å². The van der Waals surface area contributed by atoms with E-state index in [1.807, 2.05) is 18.2 Å². The van der Waals surface area contributed by atoms with Crippen molar-refractivity contribution in [3.8, 4) is 0 Å². The highest BCUT2D eigenvalue weighted by molar-refractivity contribution is 6.35. The number of nitrogen functional groups attached to an aromatic ring is 1. The lowest BCUT2D eigenvalue weighted by molar-refractivity contribution is 1.00. The molecule has 0 amide bonds. The standard InChI is InChI=1S/C18H17Cl2N5/c19-13-8-14(20)10-15(9-13)25-18-16(21)17(23-11-24-18)22-7-6-12-4-2-1-3-5-12/h1-5,8-11H,6-7,21H2,(H2,22,23,24,25). The fraction of sp³-hybridized carbons (Fsp3) is 0.111. The quantitative estimate of drug-likeness (QED) is 0.580. The molecule has 0 bridgehead atoms. The lowest BCUT2D eigenvalue weighted by Gasteiger charge is -2.13. The van der Waals surface area contributed by atoms with Crippen molar-refractivity contribution >= 4 is 46.2 Å². The average molecular weight is 374 g/mol. The third kappa shape index (κ3) is 4.75. The van der Waals surface area contributed by atoms with Crippen LogP contribution in [0, 0.1) is 0 Å². The van der Waals surface area contributed by atoms with E-state index in [0.717, 1.165) is 6.42 Å². The fourth-order valence-electron chi connectivity index (χ4n) is 2.37. The van der Waals surface area contributed by atoms with Crippen LogP contribution < -0.4 is 16.4 Å². The number of hydrogen-bond donors (Lipinski definition) is 3. The van der Waals surface area contributed by atoms with E-state index in [9.17, 15) is 0 Å². The van der Waals surface area contributed by atoms with Crippen LogP contribution in [0.2, 0.25) is 10.0 Å². The molecule has 2 aromatic carbocycles. The number of hydrogen-bond acceptors (Lipinski definition) is 5. The maximum atomic E-state index is 6.17. The SMILES string of the molecule is Nc1c(NCCc2ccccc2)ncnc1Nc1cc(Cl)cc(Cl)c1. The van der Waals surface area contributed by atoms with Gasteiger partial charge >= 0.3 is 0 Å². The number of halogens is 2. The molecule has 0 atom stereocenters. The highest BCUT2D eigenvalue weighted by atomic mass is 35.5. The molecule has 1 heterocycles. The van der Waals surface area contributed by atoms with Gasteiger partial charge in [-0.1, -0.05) is 53.5 Å². The van der Waals surface area contributed by atoms with Crippen molar-refractivity contribution in [2.24, 2.45) is 0 Å². The van der Waals surface area contributed by atoms with Gasteiger partial charge in [-0.3, -0.25) is 0 Å². The fourth-order valence-corrected chi connectivity index (χ4v) is 2.89. The molecule has 0 aliphatic carbocycles. The molecule has 0 fully saturated rings. The molecule has 0 unspecified atom stereocenters. The number of nitrogens with zero attached hydrogens (tertiary/aromatic N) is 2. The zero-order valence-electron chi connectivity index (χ0n) is 13.3. The summed E-state index contributed by atoms with van der Waals surface area (Å²) >= 11 is 12.0. The van der Waals surface area contributed by atoms with Gasteiger partial charge in [0.25, 0.3) is 0 Å². The van der Waals surface area contributed by atoms with Crippen molar-refractivity contribution in [2.45, 2.75) is 6.42 Å². The van der Waals surface area contributed by atoms with Crippen LogP contribution >= 0.6 is 23.2 Å². The second-order valence-corrected chi connectivity index (χ2v) is 6.30. The van der Waals surface area contributed by atoms with E-state index in [-0.39, 0.29) is 0 Å². The molecule has 0 saturated carbocycles. The van der Waals surface area contributed by atoms with Crippen LogP contribution in [0.25, 0.3) is 0 Å². The van der Waals surface area contributed by atoms with Crippen LogP contribution in [0.15, 0.2) is 54.9 Å². The Bertz CT molecular complexity index is 835. The molecule has 0 aliphatic heterocycles. The molecule has 0 saturated heterocycles. The normalized spacial score (nSPS) is 10.5. The number of anilines is 4. The summed E-state index contributed by atoms with van der Waals surface area (Å²) in [7, 11) is 0. The summed E-state index contributed by atoms with van der Waals surface area (Å²) in [6.07, 6.45) is 2.33. The molecule has 0 spiro atoms. The van der Waals surface area contributed by atoms with E-state index in [1.165, 1.54) is 11.9 Å². The third-order valence-corrected chi connectivity index (χ3v) is 3.99. The van der Waals surface area contributed by atoms with Crippen LogP contribution in [0.5, 0.6) is 0 Å². The molecule has 4 N–H and O–H groups in total. The molecule has 3 aromatic rings. The number of benzene rings is 2. The molecule has 1 aromatic heterocycles. The third-order valence-electron chi connectivity index (χ3n) is 3.56. The summed E-state index contributed by atoms with van der Waals surface area (Å²) in [5, 5.41) is 7.42. The zero-order valence-corrected chi connectivity index (χ0v) is 14.8. The predicted molar refractivity (Wildman–Crippen MR) is 105 cm³/mol. The van der Waals surface area contributed by atoms with Gasteiger partial charge in [0.1, 0.15) is 12.0 Å². The Labute approximate surface area is 156 Å². The second-order valence-electron chi connectivity index (χ2n) is 5.43. The minimum absolute atomic E-state index is 0.437. The summed E-state index contributed by atoms with van der Waals surface area (Å²) in [4.78, 5) is 8.39. The summed E-state index contributed by atoms with van der Waals surface area (Å²) < 4.78 is 0. The molecular formula is C18H17Cl2N5. The van der Waals surface area contributed by atoms with E-state index in [4.69, 9.17) is 28.9 Å². The topological polar surface area (TPSA) is 75.9 Å². The summed E-state index contributed by atoms with van der Waals surface area (Å²) in [5.74, 6) is 1.08. The minimum Gasteiger partial charge on any atom is -0.393 e. The Balaban J connectivity index is 1.69. The highest BCUT2D eigenvalue weighted by Crippen LogP contribution is 2.29. The average Bonchev–Trinajstić information content (AvgIpc) is 2.58. The minimum atomic E-state index is 0.437. The zero-order chi connectivity index (χ0) is 17.6. The first-order valence-corrected chi connectivity index (χ1v) is 8.49. The van der Waals surface area contributed by atoms with E-state index < -0.39 is 0 Å². The van der Waals surface area contributed by atoms with Gasteiger partial charge in [0, 0.05) is 22.3 Å². The van der Waals surface area contributed by atoms with Crippen molar-refractivity contribution in [2.75, 3.05) is 22.9 Å². The Morgan fingerprint density at radius 3 is 2.32 bits per heavy atom. The van der Waals surface area contributed by atoms with E-state index in [0.29, 0.717) is 39.6 Å². The molecule has 3 rings (SSSR count). The van der Waals surface area contributed by atoms with Gasteiger partial charge in [0.05, 0.1) is 0 Å². The first-order chi connectivity index (χ1) is 12.1. The van der Waals surface area contributed by atoms with Gasteiger partial charge in [-0.25, -0.2) is 9.97 Å². The molecule has 5 nitrogen and oxygen atoms in total. The number of nitrogens with one attached hydrogen (secondary N) is 2. The number of nitrogens with two attached hydrogens (primary N) is 1. The molecule has 0 radical (unpaired) electrons. The molecular weight excluding hydrogens is 357 g/mol. The van der Waals surface area contributed by atoms with Gasteiger partial charge < -0.3 is 16.4 Å². The molecule has 0 aliphatic rings. The summed E-state index contributed by atoms with van der Waals surface area (Å²) in [6, 6.07) is 15.4. The van der Waals surface area contributed by atoms with Gasteiger partial charge in [0.15, 0.2) is 11.6 Å². The van der Waals surface area contributed by atoms with Crippen LogP contribution in [-0.4, -0.2) is 16.5 Å². The maximum absolute atomic E-state index is 6.17. The predicted octanol–water partition coefficient (Wildman–Crippen LogP) is 4.76. The second kappa shape index (κ2) is 8.05. The van der Waals surface area contributed by atoms with Crippen molar-refractivity contribution < 1.29 is 0 Å². The monoisotopic (exact) mass is 373 g/mol. The summed E-state index contributed by atoms with van der Waals surface area (Å²) in [6.45, 7) is 0.716. The lowest BCUT2D eigenvalue weighted by Crippen LogP contribution is -2.10. The van der Waals surface area contributed by atoms with Crippen molar-refractivity contribution in [1.82, 2.24) is 9.97 Å². The van der Waals surface area contributed by atoms with Crippen LogP contribution in [-0.2, 0) is 6.42 Å². The van der Waals surface area contributed by atoms with Gasteiger partial charge in [-0.15, -0.1) is 0 Å². The molecule has 128 valence electrons. The Kier molecular flexibility index (Phi) is 5.58. The van der Waals surface area contributed by atoms with E-state index in [1.54, 1.807) is 18.2 Å². The molecule has 7 heteroatoms. The van der Waals surface area contributed by atoms with Crippen LogP contribution in [0.1, 0.15) is 5.56 Å². The van der Waals surface area contributed by atoms with Gasteiger partial charge in [-0.05, 0) is 30.2 Å². The van der Waals surface area contributed by atoms with Crippen molar-refractivity contribution in [3.63, 3.8) is 0 Å². The number of aromatic nitrogens is 2. The van der Waals surface area contributed by atoms with Crippen molar-refractivity contribution in [3.05, 3.63) is 70.5 Å². The summed E-state index contributed by atoms with van der Waals surface area (Å²) in [5.41, 5.74) is 8.56. The first kappa shape index (κ1) is 17.3. The number of rotatable bonds is 6. The van der Waals surface area contributed by atoms with Crippen molar-refractivity contribution in [1.29, 1.82) is 0 Å². The lowest BCUT2D eigenvalue weighted by atomic mass is 10.1. The highest BCUT2D eigenvalue weighted by Gasteiger charge is 2.09. The van der Waals surface area contributed by atoms with Crippen LogP contribution in [0.3, 0.4) is 0 Å². The van der Waals surface area contributed by atoms with Crippen LogP contribution in [0.4, 0.5) is 23.0 Å². The Morgan fingerprint density at radius 1 is 0.920 bits per heavy atom. The largest absolute Gasteiger partial charge is 0.393 e. The Morgan fingerprint density at radius 2 is 1.60 bits per heavy atom. The first-order valence-electron chi connectivity index (χ1n) is 7.73. The Hall–Kier alpha value is -2.50. The maximum Gasteiger partial charge on any atom is 0.159 e.